The van der Waals surface area contributed by atoms with E-state index in [-0.39, 0.29) is 5.54 Å². The summed E-state index contributed by atoms with van der Waals surface area (Å²) in [6.07, 6.45) is 5.36. The molecule has 0 aliphatic carbocycles. The molecule has 4 N–H and O–H groups in total. The largest absolute Gasteiger partial charge is 0.500 e. The lowest BCUT2D eigenvalue weighted by atomic mass is 9.85. The number of rotatable bonds is 23. The molecule has 10 heteroatoms. The highest BCUT2D eigenvalue weighted by Crippen LogP contribution is 2.29. The lowest BCUT2D eigenvalue weighted by molar-refractivity contribution is 0.0698. The maximum absolute atomic E-state index is 6.92. The third-order valence-corrected chi connectivity index (χ3v) is 11.7. The molecule has 0 atom stereocenters. The van der Waals surface area contributed by atoms with Crippen molar-refractivity contribution in [3.63, 3.8) is 0 Å². The SMILES string of the molecule is CCO[Si](CCCC(N)(CCCN)CCC[Si](OCC)(OCC)OCC)(OCC)OCC. The Hall–Kier alpha value is 0.114. The van der Waals surface area contributed by atoms with E-state index in [1.54, 1.807) is 0 Å². The molecule has 0 bridgehead atoms. The topological polar surface area (TPSA) is 107 Å². The van der Waals surface area contributed by atoms with E-state index >= 15 is 0 Å². The zero-order valence-electron chi connectivity index (χ0n) is 21.7. The second kappa shape index (κ2) is 18.4. The monoisotopic (exact) mass is 496 g/mol. The van der Waals surface area contributed by atoms with Crippen LogP contribution in [-0.4, -0.2) is 69.3 Å². The van der Waals surface area contributed by atoms with Crippen molar-refractivity contribution in [2.75, 3.05) is 46.2 Å². The molecule has 0 aromatic heterocycles. The van der Waals surface area contributed by atoms with Crippen molar-refractivity contribution in [1.29, 1.82) is 0 Å². The van der Waals surface area contributed by atoms with Crippen LogP contribution < -0.4 is 11.5 Å². The molecule has 0 aromatic carbocycles. The predicted molar refractivity (Wildman–Crippen MR) is 135 cm³/mol. The van der Waals surface area contributed by atoms with Crippen molar-refractivity contribution in [3.8, 4) is 0 Å². The molecule has 0 aliphatic heterocycles. The molecule has 0 aliphatic rings. The Morgan fingerprint density at radius 2 is 0.812 bits per heavy atom. The van der Waals surface area contributed by atoms with Gasteiger partial charge in [0.25, 0.3) is 0 Å². The van der Waals surface area contributed by atoms with Gasteiger partial charge in [0, 0.05) is 57.3 Å². The Balaban J connectivity index is 5.11. The molecule has 0 rings (SSSR count). The molecule has 194 valence electrons. The molecular weight excluding hydrogens is 444 g/mol. The van der Waals surface area contributed by atoms with Gasteiger partial charge in [0.2, 0.25) is 0 Å². The molecule has 0 saturated carbocycles. The van der Waals surface area contributed by atoms with E-state index < -0.39 is 17.6 Å². The van der Waals surface area contributed by atoms with Crippen molar-refractivity contribution in [3.05, 3.63) is 0 Å². The lowest BCUT2D eigenvalue weighted by Crippen LogP contribution is -2.48. The molecule has 0 aromatic rings. The first-order chi connectivity index (χ1) is 15.3. The smallest absolute Gasteiger partial charge is 0.374 e. The Morgan fingerprint density at radius 3 is 1.06 bits per heavy atom. The lowest BCUT2D eigenvalue weighted by Gasteiger charge is -2.34. The van der Waals surface area contributed by atoms with Gasteiger partial charge >= 0.3 is 17.6 Å². The van der Waals surface area contributed by atoms with Crippen LogP contribution in [0.3, 0.4) is 0 Å². The fourth-order valence-electron chi connectivity index (χ4n) is 4.15. The highest BCUT2D eigenvalue weighted by molar-refractivity contribution is 6.61. The van der Waals surface area contributed by atoms with Gasteiger partial charge in [-0.1, -0.05) is 0 Å². The fourth-order valence-corrected chi connectivity index (χ4v) is 9.37. The van der Waals surface area contributed by atoms with Gasteiger partial charge in [-0.05, 0) is 86.6 Å². The van der Waals surface area contributed by atoms with Crippen LogP contribution >= 0.6 is 0 Å². The standard InChI is InChI=1S/C22H52N2O6Si2/c1-7-25-31(26-8-2,27-9-3)20-14-17-22(24,16-13-19-23)18-15-21-32(28-10-4,29-11-5)30-12-6/h7-21,23-24H2,1-6H3. The number of hydrogen-bond donors (Lipinski definition) is 2. The summed E-state index contributed by atoms with van der Waals surface area (Å²) in [5.74, 6) is 0. The van der Waals surface area contributed by atoms with E-state index in [0.29, 0.717) is 46.2 Å². The first kappa shape index (κ1) is 32.1. The normalized spacial score (nSPS) is 13.1. The summed E-state index contributed by atoms with van der Waals surface area (Å²) in [4.78, 5) is 0. The third-order valence-electron chi connectivity index (χ3n) is 5.38. The first-order valence-electron chi connectivity index (χ1n) is 12.7. The van der Waals surface area contributed by atoms with Crippen LogP contribution in [0.2, 0.25) is 12.1 Å². The molecule has 0 unspecified atom stereocenters. The fraction of sp³-hybridized carbons (Fsp3) is 1.00. The number of nitrogens with two attached hydrogens (primary N) is 2. The minimum atomic E-state index is -2.65. The van der Waals surface area contributed by atoms with Gasteiger partial charge in [0.05, 0.1) is 0 Å². The molecule has 0 spiro atoms. The predicted octanol–water partition coefficient (Wildman–Crippen LogP) is 4.08. The van der Waals surface area contributed by atoms with Crippen molar-refractivity contribution >= 4 is 17.6 Å². The third kappa shape index (κ3) is 12.5. The molecule has 0 heterocycles. The van der Waals surface area contributed by atoms with Crippen LogP contribution in [-0.2, 0) is 26.6 Å². The van der Waals surface area contributed by atoms with Gasteiger partial charge in [-0.15, -0.1) is 0 Å². The molecular formula is C22H52N2O6Si2. The average molecular weight is 497 g/mol. The molecule has 0 radical (unpaired) electrons. The van der Waals surface area contributed by atoms with Crippen LogP contribution in [0.1, 0.15) is 80.1 Å². The summed E-state index contributed by atoms with van der Waals surface area (Å²) in [5, 5.41) is 0. The molecule has 0 saturated heterocycles. The van der Waals surface area contributed by atoms with Gasteiger partial charge in [-0.3, -0.25) is 0 Å². The Kier molecular flexibility index (Phi) is 18.5. The molecule has 0 fully saturated rings. The highest BCUT2D eigenvalue weighted by atomic mass is 28.4. The van der Waals surface area contributed by atoms with E-state index in [4.69, 9.17) is 38.0 Å². The zero-order valence-corrected chi connectivity index (χ0v) is 23.7. The Bertz CT molecular complexity index is 383. The van der Waals surface area contributed by atoms with Crippen molar-refractivity contribution in [2.24, 2.45) is 11.5 Å². The average Bonchev–Trinajstić information content (AvgIpc) is 2.73. The summed E-state index contributed by atoms with van der Waals surface area (Å²) in [5.41, 5.74) is 12.4. The van der Waals surface area contributed by atoms with Crippen molar-refractivity contribution in [1.82, 2.24) is 0 Å². The quantitative estimate of drug-likeness (QED) is 0.204. The van der Waals surface area contributed by atoms with Gasteiger partial charge < -0.3 is 38.0 Å². The van der Waals surface area contributed by atoms with Crippen LogP contribution in [0.5, 0.6) is 0 Å². The van der Waals surface area contributed by atoms with Gasteiger partial charge in [0.15, 0.2) is 0 Å². The highest BCUT2D eigenvalue weighted by Gasteiger charge is 2.42. The van der Waals surface area contributed by atoms with Crippen LogP contribution in [0, 0.1) is 0 Å². The van der Waals surface area contributed by atoms with Crippen molar-refractivity contribution in [2.45, 2.75) is 97.7 Å². The van der Waals surface area contributed by atoms with Crippen LogP contribution in [0.4, 0.5) is 0 Å². The van der Waals surface area contributed by atoms with Gasteiger partial charge in [-0.2, -0.15) is 0 Å². The Morgan fingerprint density at radius 1 is 0.531 bits per heavy atom. The Labute approximate surface area is 199 Å². The molecule has 32 heavy (non-hydrogen) atoms. The van der Waals surface area contributed by atoms with E-state index in [0.717, 1.165) is 50.6 Å². The minimum Gasteiger partial charge on any atom is -0.374 e. The second-order valence-electron chi connectivity index (χ2n) is 7.93. The molecule has 8 nitrogen and oxygen atoms in total. The maximum atomic E-state index is 6.92. The summed E-state index contributed by atoms with van der Waals surface area (Å²) in [7, 11) is -5.31. The molecule has 0 amide bonds. The van der Waals surface area contributed by atoms with Crippen molar-refractivity contribution < 1.29 is 26.6 Å². The van der Waals surface area contributed by atoms with Crippen LogP contribution in [0.15, 0.2) is 0 Å². The minimum absolute atomic E-state index is 0.297. The summed E-state index contributed by atoms with van der Waals surface area (Å²) in [6, 6.07) is 1.55. The van der Waals surface area contributed by atoms with E-state index in [9.17, 15) is 0 Å². The summed E-state index contributed by atoms with van der Waals surface area (Å²) >= 11 is 0. The number of hydrogen-bond acceptors (Lipinski definition) is 8. The van der Waals surface area contributed by atoms with Gasteiger partial charge in [-0.25, -0.2) is 0 Å². The van der Waals surface area contributed by atoms with Crippen LogP contribution in [0.25, 0.3) is 0 Å². The van der Waals surface area contributed by atoms with E-state index in [1.165, 1.54) is 0 Å². The summed E-state index contributed by atoms with van der Waals surface area (Å²) < 4.78 is 36.0. The zero-order chi connectivity index (χ0) is 24.3. The van der Waals surface area contributed by atoms with Gasteiger partial charge in [0.1, 0.15) is 0 Å². The van der Waals surface area contributed by atoms with E-state index in [1.807, 2.05) is 41.5 Å². The second-order valence-corrected chi connectivity index (χ2v) is 13.4. The maximum Gasteiger partial charge on any atom is 0.500 e. The van der Waals surface area contributed by atoms with E-state index in [2.05, 4.69) is 0 Å². The summed E-state index contributed by atoms with van der Waals surface area (Å²) in [6.45, 7) is 16.1. The first-order valence-corrected chi connectivity index (χ1v) is 16.5.